The molecule has 12 heteroatoms. The topological polar surface area (TPSA) is 59.3 Å². The van der Waals surface area contributed by atoms with Crippen molar-refractivity contribution >= 4 is 17.3 Å². The van der Waals surface area contributed by atoms with Gasteiger partial charge in [0.1, 0.15) is 11.4 Å². The highest BCUT2D eigenvalue weighted by molar-refractivity contribution is 6.33. The number of benzene rings is 2. The molecule has 4 aromatic rings. The van der Waals surface area contributed by atoms with Crippen LogP contribution in [-0.4, -0.2) is 21.0 Å². The first-order valence-corrected chi connectivity index (χ1v) is 11.4. The maximum atomic E-state index is 12.9. The highest BCUT2D eigenvalue weighted by atomic mass is 35.5. The van der Waals surface area contributed by atoms with Crippen LogP contribution < -0.4 is 10.1 Å². The van der Waals surface area contributed by atoms with E-state index < -0.39 is 29.5 Å². The van der Waals surface area contributed by atoms with E-state index in [1.807, 2.05) is 0 Å². The lowest BCUT2D eigenvalue weighted by Gasteiger charge is -2.27. The number of hydrogen-bond donors (Lipinski definition) is 2. The summed E-state index contributed by atoms with van der Waals surface area (Å²) >= 11 is 6.40. The quantitative estimate of drug-likeness (QED) is 0.236. The van der Waals surface area contributed by atoms with Crippen molar-refractivity contribution in [2.75, 3.05) is 5.32 Å². The van der Waals surface area contributed by atoms with Crippen LogP contribution in [0.2, 0.25) is 5.02 Å². The van der Waals surface area contributed by atoms with Crippen LogP contribution in [0.3, 0.4) is 0 Å². The first kappa shape index (κ1) is 27.2. The third-order valence-electron chi connectivity index (χ3n) is 5.68. The van der Waals surface area contributed by atoms with Crippen LogP contribution in [0.1, 0.15) is 25.1 Å². The van der Waals surface area contributed by atoms with Crippen LogP contribution in [0.15, 0.2) is 72.9 Å². The number of ether oxygens (including phenoxy) is 1. The van der Waals surface area contributed by atoms with Crippen molar-refractivity contribution < 1.29 is 36.2 Å². The lowest BCUT2D eigenvalue weighted by molar-refractivity contribution is -0.274. The van der Waals surface area contributed by atoms with Crippen LogP contribution >= 0.6 is 11.6 Å². The van der Waals surface area contributed by atoms with E-state index in [4.69, 9.17) is 11.6 Å². The molecule has 2 heterocycles. The Bertz CT molecular complexity index is 1430. The van der Waals surface area contributed by atoms with Crippen molar-refractivity contribution in [3.63, 3.8) is 0 Å². The molecule has 0 amide bonds. The number of nitrogens with zero attached hydrogens (tertiary/aromatic N) is 2. The van der Waals surface area contributed by atoms with E-state index >= 15 is 0 Å². The molecule has 0 fully saturated rings. The van der Waals surface area contributed by atoms with Gasteiger partial charge in [-0.1, -0.05) is 35.9 Å². The highest BCUT2D eigenvalue weighted by Crippen LogP contribution is 2.42. The minimum absolute atomic E-state index is 0.195. The normalized spacial score (nSPS) is 12.4. The second kappa shape index (κ2) is 9.79. The number of nitrogens with one attached hydrogen (secondary N) is 1. The number of anilines is 1. The Labute approximate surface area is 218 Å². The molecule has 2 aromatic carbocycles. The minimum atomic E-state index is -4.87. The lowest BCUT2D eigenvalue weighted by atomic mass is 9.95. The van der Waals surface area contributed by atoms with Gasteiger partial charge in [0.25, 0.3) is 0 Å². The van der Waals surface area contributed by atoms with E-state index in [0.29, 0.717) is 27.5 Å². The third-order valence-corrected chi connectivity index (χ3v) is 6.01. The largest absolute Gasteiger partial charge is 0.573 e. The zero-order valence-corrected chi connectivity index (χ0v) is 20.6. The van der Waals surface area contributed by atoms with Crippen molar-refractivity contribution in [3.05, 3.63) is 89.2 Å². The monoisotopic (exact) mass is 555 g/mol. The summed E-state index contributed by atoms with van der Waals surface area (Å²) in [7, 11) is 0. The molecule has 2 N–H and O–H groups in total. The van der Waals surface area contributed by atoms with Gasteiger partial charge in [-0.25, -0.2) is 0 Å². The Morgan fingerprint density at radius 2 is 1.58 bits per heavy atom. The second-order valence-corrected chi connectivity index (χ2v) is 9.21. The van der Waals surface area contributed by atoms with Crippen molar-refractivity contribution in [3.8, 4) is 28.6 Å². The Balaban J connectivity index is 1.76. The molecule has 4 rings (SSSR count). The molecule has 200 valence electrons. The fourth-order valence-electron chi connectivity index (χ4n) is 3.86. The number of alkyl halides is 6. The number of rotatable bonds is 6. The molecular formula is C26H20ClF6N3O2. The zero-order chi connectivity index (χ0) is 27.9. The van der Waals surface area contributed by atoms with Crippen LogP contribution in [-0.2, 0) is 11.7 Å². The van der Waals surface area contributed by atoms with E-state index in [0.717, 1.165) is 24.4 Å². The van der Waals surface area contributed by atoms with Gasteiger partial charge >= 0.3 is 12.5 Å². The van der Waals surface area contributed by atoms with Gasteiger partial charge < -0.3 is 15.2 Å². The maximum Gasteiger partial charge on any atom is 0.573 e. The van der Waals surface area contributed by atoms with Gasteiger partial charge in [0.05, 0.1) is 16.9 Å². The maximum absolute atomic E-state index is 12.9. The summed E-state index contributed by atoms with van der Waals surface area (Å²) in [5.74, 6) is -0.751. The summed E-state index contributed by atoms with van der Waals surface area (Å²) in [4.78, 5) is 3.50. The number of hydrogen-bond acceptors (Lipinski definition) is 4. The van der Waals surface area contributed by atoms with Gasteiger partial charge in [-0.3, -0.25) is 9.55 Å². The fourth-order valence-corrected chi connectivity index (χ4v) is 4.09. The van der Waals surface area contributed by atoms with E-state index in [-0.39, 0.29) is 11.6 Å². The highest BCUT2D eigenvalue weighted by Gasteiger charge is 2.34. The summed E-state index contributed by atoms with van der Waals surface area (Å²) in [6, 6.07) is 15.4. The van der Waals surface area contributed by atoms with Crippen LogP contribution in [0.5, 0.6) is 11.6 Å². The van der Waals surface area contributed by atoms with Gasteiger partial charge in [-0.15, -0.1) is 13.2 Å². The molecule has 0 aliphatic heterocycles. The van der Waals surface area contributed by atoms with Crippen molar-refractivity contribution in [2.24, 2.45) is 0 Å². The molecule has 2 aromatic heterocycles. The Morgan fingerprint density at radius 3 is 2.13 bits per heavy atom. The zero-order valence-electron chi connectivity index (χ0n) is 19.8. The van der Waals surface area contributed by atoms with Crippen molar-refractivity contribution in [1.29, 1.82) is 0 Å². The summed E-state index contributed by atoms with van der Waals surface area (Å²) in [6.07, 6.45) is -8.36. The smallest absolute Gasteiger partial charge is 0.493 e. The van der Waals surface area contributed by atoms with Crippen LogP contribution in [0.4, 0.5) is 32.0 Å². The van der Waals surface area contributed by atoms with Crippen LogP contribution in [0.25, 0.3) is 16.9 Å². The Morgan fingerprint density at radius 1 is 0.921 bits per heavy atom. The van der Waals surface area contributed by atoms with Gasteiger partial charge in [0.2, 0.25) is 5.88 Å². The molecule has 0 saturated carbocycles. The molecule has 0 atom stereocenters. The first-order chi connectivity index (χ1) is 17.7. The third kappa shape index (κ3) is 5.83. The standard InChI is InChI=1S/C26H20ClF6N3O2/c1-24(2,15-7-12-22(34-14-15)25(28,29)30)35-20-13-21(18-5-3-4-6-19(18)27)36(23(20)37)16-8-10-17(11-9-16)38-26(31,32)33/h3-14,35,37H,1-2H3. The molecule has 0 unspecified atom stereocenters. The second-order valence-electron chi connectivity index (χ2n) is 8.80. The van der Waals surface area contributed by atoms with E-state index in [1.165, 1.54) is 22.8 Å². The molecule has 0 radical (unpaired) electrons. The lowest BCUT2D eigenvalue weighted by Crippen LogP contribution is -2.28. The Kier molecular flexibility index (Phi) is 7.00. The molecule has 0 bridgehead atoms. The van der Waals surface area contributed by atoms with Crippen molar-refractivity contribution in [2.45, 2.75) is 31.9 Å². The number of pyridine rings is 1. The van der Waals surface area contributed by atoms with Crippen LogP contribution in [0, 0.1) is 0 Å². The van der Waals surface area contributed by atoms with E-state index in [1.54, 1.807) is 44.2 Å². The molecule has 0 spiro atoms. The molecule has 0 saturated heterocycles. The average Bonchev–Trinajstić information content (AvgIpc) is 3.13. The summed E-state index contributed by atoms with van der Waals surface area (Å²) < 4.78 is 81.9. The summed E-state index contributed by atoms with van der Waals surface area (Å²) in [5.41, 5.74) is -0.211. The van der Waals surface area contributed by atoms with Gasteiger partial charge in [-0.2, -0.15) is 13.2 Å². The molecule has 0 aliphatic rings. The van der Waals surface area contributed by atoms with Crippen molar-refractivity contribution in [1.82, 2.24) is 9.55 Å². The molecule has 5 nitrogen and oxygen atoms in total. The summed E-state index contributed by atoms with van der Waals surface area (Å²) in [5, 5.41) is 14.7. The van der Waals surface area contributed by atoms with E-state index in [2.05, 4.69) is 15.0 Å². The predicted octanol–water partition coefficient (Wildman–Crippen LogP) is 8.16. The molecule has 0 aliphatic carbocycles. The SMILES string of the molecule is CC(C)(Nc1cc(-c2ccccc2Cl)n(-c2ccc(OC(F)(F)F)cc2)c1O)c1ccc(C(F)(F)F)nc1. The summed E-state index contributed by atoms with van der Waals surface area (Å²) in [6.45, 7) is 3.37. The van der Waals surface area contributed by atoms with Gasteiger partial charge in [-0.05, 0) is 61.9 Å². The average molecular weight is 556 g/mol. The van der Waals surface area contributed by atoms with Gasteiger partial charge in [0, 0.05) is 22.5 Å². The number of aromatic nitrogens is 2. The fraction of sp³-hybridized carbons (Fsp3) is 0.192. The molecular weight excluding hydrogens is 536 g/mol. The number of aromatic hydroxyl groups is 1. The Hall–Kier alpha value is -3.86. The van der Waals surface area contributed by atoms with E-state index in [9.17, 15) is 31.4 Å². The van der Waals surface area contributed by atoms with Gasteiger partial charge in [0.15, 0.2) is 0 Å². The first-order valence-electron chi connectivity index (χ1n) is 11.0. The number of halogens is 7. The minimum Gasteiger partial charge on any atom is -0.493 e. The molecule has 38 heavy (non-hydrogen) atoms. The predicted molar refractivity (Wildman–Crippen MR) is 130 cm³/mol.